The fourth-order valence-corrected chi connectivity index (χ4v) is 1.72. The van der Waals surface area contributed by atoms with Gasteiger partial charge in [-0.15, -0.1) is 0 Å². The van der Waals surface area contributed by atoms with Gasteiger partial charge in [-0.1, -0.05) is 6.07 Å². The normalized spacial score (nSPS) is 22.1. The Morgan fingerprint density at radius 2 is 2.15 bits per heavy atom. The number of alkyl halides is 2. The number of halogens is 4. The van der Waals surface area contributed by atoms with E-state index in [2.05, 4.69) is 4.98 Å². The first-order chi connectivity index (χ1) is 9.36. The molecule has 1 aliphatic rings. The largest absolute Gasteiger partial charge is 0.364 e. The van der Waals surface area contributed by atoms with Crippen LogP contribution in [0.4, 0.5) is 17.6 Å². The minimum absolute atomic E-state index is 0.0779. The highest BCUT2D eigenvalue weighted by Gasteiger charge is 2.53. The van der Waals surface area contributed by atoms with Crippen LogP contribution in [0, 0.1) is 0 Å². The van der Waals surface area contributed by atoms with Gasteiger partial charge in [-0.3, -0.25) is 15.2 Å². The maximum atomic E-state index is 12.9. The predicted molar refractivity (Wildman–Crippen MR) is 58.4 cm³/mol. The topological polar surface area (TPSA) is 65.5 Å². The van der Waals surface area contributed by atoms with Gasteiger partial charge in [-0.2, -0.15) is 8.78 Å². The van der Waals surface area contributed by atoms with E-state index in [0.717, 1.165) is 0 Å². The second kappa shape index (κ2) is 5.08. The van der Waals surface area contributed by atoms with Crippen LogP contribution in [0.1, 0.15) is 16.9 Å². The van der Waals surface area contributed by atoms with Gasteiger partial charge in [0.2, 0.25) is 5.72 Å². The summed E-state index contributed by atoms with van der Waals surface area (Å²) in [5, 5.41) is 9.85. The van der Waals surface area contributed by atoms with Gasteiger partial charge in [0.1, 0.15) is 11.4 Å². The number of aromatic nitrogens is 1. The van der Waals surface area contributed by atoms with Gasteiger partial charge in [-0.05, 0) is 12.1 Å². The van der Waals surface area contributed by atoms with E-state index < -0.39 is 36.3 Å². The zero-order valence-electron chi connectivity index (χ0n) is 9.86. The van der Waals surface area contributed by atoms with Crippen molar-refractivity contribution in [3.05, 3.63) is 41.9 Å². The number of carbonyl (C=O) groups excluding carboxylic acids is 1. The molecule has 108 valence electrons. The number of pyridine rings is 1. The quantitative estimate of drug-likeness (QED) is 0.810. The molecule has 2 N–H and O–H groups in total. The fraction of sp³-hybridized carbons (Fsp3) is 0.273. The smallest absolute Gasteiger partial charge is 0.293 e. The molecule has 0 radical (unpaired) electrons. The van der Waals surface area contributed by atoms with Crippen molar-refractivity contribution < 1.29 is 27.5 Å². The zero-order chi connectivity index (χ0) is 14.9. The SMILES string of the molecule is O=C(c1ccccn1)N1NC(=C(F)F)CC1(O)C(F)F. The van der Waals surface area contributed by atoms with E-state index in [0.29, 0.717) is 0 Å². The first-order valence-electron chi connectivity index (χ1n) is 5.43. The van der Waals surface area contributed by atoms with E-state index >= 15 is 0 Å². The first-order valence-corrected chi connectivity index (χ1v) is 5.43. The number of aliphatic hydroxyl groups is 1. The standard InChI is InChI=1S/C11H9F4N3O2/c12-8(13)7-5-11(20,10(14)15)18(17-7)9(19)6-3-1-2-4-16-6/h1-4,10,17,20H,5H2. The third-order valence-electron chi connectivity index (χ3n) is 2.74. The molecule has 1 unspecified atom stereocenters. The molecule has 1 amide bonds. The second-order valence-corrected chi connectivity index (χ2v) is 4.06. The van der Waals surface area contributed by atoms with Crippen molar-refractivity contribution >= 4 is 5.91 Å². The summed E-state index contributed by atoms with van der Waals surface area (Å²) < 4.78 is 50.8. The minimum atomic E-state index is -3.43. The van der Waals surface area contributed by atoms with E-state index in [-0.39, 0.29) is 10.7 Å². The molecule has 0 spiro atoms. The van der Waals surface area contributed by atoms with Crippen molar-refractivity contribution in [1.29, 1.82) is 0 Å². The number of nitrogens with one attached hydrogen (secondary N) is 1. The lowest BCUT2D eigenvalue weighted by atomic mass is 10.1. The summed E-state index contributed by atoms with van der Waals surface area (Å²) in [6.07, 6.45) is -5.57. The average molecular weight is 291 g/mol. The predicted octanol–water partition coefficient (Wildman–Crippen LogP) is 1.49. The third-order valence-corrected chi connectivity index (χ3v) is 2.74. The van der Waals surface area contributed by atoms with Crippen LogP contribution in [-0.4, -0.2) is 33.2 Å². The van der Waals surface area contributed by atoms with E-state index in [1.807, 2.05) is 0 Å². The van der Waals surface area contributed by atoms with Gasteiger partial charge >= 0.3 is 0 Å². The van der Waals surface area contributed by atoms with Gasteiger partial charge in [-0.25, -0.2) is 13.8 Å². The van der Waals surface area contributed by atoms with Crippen molar-refractivity contribution in [1.82, 2.24) is 15.4 Å². The maximum Gasteiger partial charge on any atom is 0.293 e. The molecule has 1 saturated heterocycles. The Labute approximate surface area is 110 Å². The summed E-state index contributed by atoms with van der Waals surface area (Å²) in [5.74, 6) is -1.13. The molecule has 5 nitrogen and oxygen atoms in total. The zero-order valence-corrected chi connectivity index (χ0v) is 9.86. The number of hydrazine groups is 1. The van der Waals surface area contributed by atoms with Crippen LogP contribution < -0.4 is 5.43 Å². The summed E-state index contributed by atoms with van der Waals surface area (Å²) in [6.45, 7) is 0. The fourth-order valence-electron chi connectivity index (χ4n) is 1.72. The first kappa shape index (κ1) is 14.3. The molecule has 1 aromatic heterocycles. The van der Waals surface area contributed by atoms with Crippen LogP contribution in [0.15, 0.2) is 36.2 Å². The summed E-state index contributed by atoms with van der Waals surface area (Å²) in [4.78, 5) is 15.6. The molecule has 1 aromatic rings. The number of hydrogen-bond acceptors (Lipinski definition) is 4. The number of carbonyl (C=O) groups is 1. The summed E-state index contributed by atoms with van der Waals surface area (Å²) >= 11 is 0. The van der Waals surface area contributed by atoms with E-state index in [1.54, 1.807) is 5.43 Å². The van der Waals surface area contributed by atoms with Crippen molar-refractivity contribution in [3.63, 3.8) is 0 Å². The molecule has 0 saturated carbocycles. The number of nitrogens with zero attached hydrogens (tertiary/aromatic N) is 2. The van der Waals surface area contributed by atoms with Crippen LogP contribution in [0.5, 0.6) is 0 Å². The van der Waals surface area contributed by atoms with Gasteiger partial charge < -0.3 is 5.11 Å². The molecular formula is C11H9F4N3O2. The van der Waals surface area contributed by atoms with Gasteiger partial charge in [0.25, 0.3) is 18.4 Å². The molecule has 1 atom stereocenters. The monoisotopic (exact) mass is 291 g/mol. The van der Waals surface area contributed by atoms with Crippen molar-refractivity contribution in [2.45, 2.75) is 18.6 Å². The Balaban J connectivity index is 2.38. The molecule has 1 aliphatic heterocycles. The van der Waals surface area contributed by atoms with Crippen LogP contribution >= 0.6 is 0 Å². The Bertz CT molecular complexity index is 548. The van der Waals surface area contributed by atoms with Crippen LogP contribution in [0.25, 0.3) is 0 Å². The van der Waals surface area contributed by atoms with Crippen molar-refractivity contribution in [2.24, 2.45) is 0 Å². The van der Waals surface area contributed by atoms with E-state index in [9.17, 15) is 27.5 Å². The van der Waals surface area contributed by atoms with Crippen LogP contribution in [-0.2, 0) is 0 Å². The maximum absolute atomic E-state index is 12.9. The Kier molecular flexibility index (Phi) is 3.62. The highest BCUT2D eigenvalue weighted by Crippen LogP contribution is 2.35. The van der Waals surface area contributed by atoms with E-state index in [1.165, 1.54) is 24.4 Å². The highest BCUT2D eigenvalue weighted by molar-refractivity contribution is 5.92. The summed E-state index contributed by atoms with van der Waals surface area (Å²) in [5.41, 5.74) is -2.44. The Hall–Kier alpha value is -2.16. The molecule has 0 aromatic carbocycles. The molecule has 2 heterocycles. The number of rotatable bonds is 2. The average Bonchev–Trinajstić information content (AvgIpc) is 2.79. The molecule has 2 rings (SSSR count). The Morgan fingerprint density at radius 1 is 1.45 bits per heavy atom. The summed E-state index contributed by atoms with van der Waals surface area (Å²) in [6, 6.07) is 4.12. The second-order valence-electron chi connectivity index (χ2n) is 4.06. The minimum Gasteiger partial charge on any atom is -0.364 e. The van der Waals surface area contributed by atoms with Crippen LogP contribution in [0.3, 0.4) is 0 Å². The van der Waals surface area contributed by atoms with Gasteiger partial charge in [0, 0.05) is 6.20 Å². The summed E-state index contributed by atoms with van der Waals surface area (Å²) in [7, 11) is 0. The molecular weight excluding hydrogens is 282 g/mol. The van der Waals surface area contributed by atoms with Gasteiger partial charge in [0.15, 0.2) is 0 Å². The molecule has 9 heteroatoms. The molecule has 0 aliphatic carbocycles. The lowest BCUT2D eigenvalue weighted by Crippen LogP contribution is -2.56. The molecule has 1 fully saturated rings. The Morgan fingerprint density at radius 3 is 2.65 bits per heavy atom. The van der Waals surface area contributed by atoms with Gasteiger partial charge in [0.05, 0.1) is 6.42 Å². The van der Waals surface area contributed by atoms with Crippen LogP contribution in [0.2, 0.25) is 0 Å². The molecule has 20 heavy (non-hydrogen) atoms. The highest BCUT2D eigenvalue weighted by atomic mass is 19.3. The lowest BCUT2D eigenvalue weighted by Gasteiger charge is -2.30. The van der Waals surface area contributed by atoms with Crippen molar-refractivity contribution in [2.75, 3.05) is 0 Å². The van der Waals surface area contributed by atoms with E-state index in [4.69, 9.17) is 0 Å². The van der Waals surface area contributed by atoms with Crippen molar-refractivity contribution in [3.8, 4) is 0 Å². The molecule has 0 bridgehead atoms. The number of hydrogen-bond donors (Lipinski definition) is 2. The number of amides is 1. The lowest BCUT2D eigenvalue weighted by molar-refractivity contribution is -0.168. The third kappa shape index (κ3) is 2.31.